The third kappa shape index (κ3) is 20.7. The highest BCUT2D eigenvalue weighted by Gasteiger charge is 2.49. The molecule has 0 aromatic heterocycles. The van der Waals surface area contributed by atoms with Gasteiger partial charge in [-0.3, -0.25) is 0 Å². The minimum Gasteiger partial charge on any atom is -0.396 e. The van der Waals surface area contributed by atoms with E-state index in [0.29, 0.717) is 12.8 Å². The van der Waals surface area contributed by atoms with Crippen molar-refractivity contribution in [1.29, 1.82) is 0 Å². The highest BCUT2D eigenvalue weighted by atomic mass is 16.3. The highest BCUT2D eigenvalue weighted by molar-refractivity contribution is 4.97. The zero-order valence-electron chi connectivity index (χ0n) is 30.4. The van der Waals surface area contributed by atoms with Crippen molar-refractivity contribution >= 4 is 0 Å². The molecule has 1 fully saturated rings. The van der Waals surface area contributed by atoms with Crippen LogP contribution in [0.3, 0.4) is 0 Å². The van der Waals surface area contributed by atoms with Crippen molar-refractivity contribution in [3.8, 4) is 0 Å². The summed E-state index contributed by atoms with van der Waals surface area (Å²) in [6.07, 6.45) is 45.6. The van der Waals surface area contributed by atoms with E-state index in [0.717, 1.165) is 25.7 Å². The van der Waals surface area contributed by atoms with Gasteiger partial charge in [-0.2, -0.15) is 0 Å². The summed E-state index contributed by atoms with van der Waals surface area (Å²) < 4.78 is 0. The second-order valence-electron chi connectivity index (χ2n) is 15.4. The first kappa shape index (κ1) is 42.9. The SMILES string of the molecule is OCC1(CO)CCCCCCCCCCCCCCCCCCCCCCCCCCCCCCCCCCCC1(CO)CO. The van der Waals surface area contributed by atoms with Crippen molar-refractivity contribution in [3.63, 3.8) is 0 Å². The van der Waals surface area contributed by atoms with E-state index in [1.54, 1.807) is 0 Å². The molecule has 1 aliphatic carbocycles. The molecule has 4 nitrogen and oxygen atoms in total. The topological polar surface area (TPSA) is 80.9 Å². The molecule has 45 heavy (non-hydrogen) atoms. The zero-order chi connectivity index (χ0) is 32.6. The molecule has 0 amide bonds. The Labute approximate surface area is 282 Å². The van der Waals surface area contributed by atoms with Gasteiger partial charge in [0.2, 0.25) is 0 Å². The molecule has 1 saturated carbocycles. The molecule has 0 aromatic rings. The lowest BCUT2D eigenvalue weighted by Gasteiger charge is -2.47. The average molecular weight is 639 g/mol. The van der Waals surface area contributed by atoms with Gasteiger partial charge in [-0.1, -0.05) is 212 Å². The maximum atomic E-state index is 10.4. The first-order valence-electron chi connectivity index (χ1n) is 20.6. The van der Waals surface area contributed by atoms with Gasteiger partial charge < -0.3 is 20.4 Å². The van der Waals surface area contributed by atoms with Gasteiger partial charge in [-0.25, -0.2) is 0 Å². The second kappa shape index (κ2) is 31.1. The van der Waals surface area contributed by atoms with Crippen LogP contribution in [0.4, 0.5) is 0 Å². The van der Waals surface area contributed by atoms with Crippen molar-refractivity contribution in [2.24, 2.45) is 10.8 Å². The summed E-state index contributed by atoms with van der Waals surface area (Å²) >= 11 is 0. The fraction of sp³-hybridized carbons (Fsp3) is 1.00. The van der Waals surface area contributed by atoms with E-state index in [1.165, 1.54) is 186 Å². The Morgan fingerprint density at radius 1 is 0.200 bits per heavy atom. The van der Waals surface area contributed by atoms with Crippen LogP contribution in [0.5, 0.6) is 0 Å². The van der Waals surface area contributed by atoms with Gasteiger partial charge in [0.1, 0.15) is 0 Å². The zero-order valence-corrected chi connectivity index (χ0v) is 30.4. The monoisotopic (exact) mass is 639 g/mol. The van der Waals surface area contributed by atoms with Crippen LogP contribution in [0.1, 0.15) is 225 Å². The summed E-state index contributed by atoms with van der Waals surface area (Å²) in [7, 11) is 0. The van der Waals surface area contributed by atoms with E-state index in [4.69, 9.17) is 0 Å². The molecule has 1 aliphatic rings. The van der Waals surface area contributed by atoms with E-state index in [1.807, 2.05) is 0 Å². The largest absolute Gasteiger partial charge is 0.396 e. The summed E-state index contributed by atoms with van der Waals surface area (Å²) in [5, 5.41) is 41.8. The van der Waals surface area contributed by atoms with Crippen molar-refractivity contribution in [3.05, 3.63) is 0 Å². The second-order valence-corrected chi connectivity index (χ2v) is 15.4. The number of aliphatic hydroxyl groups is 4. The lowest BCUT2D eigenvalue weighted by atomic mass is 9.60. The molecule has 0 atom stereocenters. The molecular weight excluding hydrogens is 556 g/mol. The van der Waals surface area contributed by atoms with E-state index in [-0.39, 0.29) is 26.4 Å². The van der Waals surface area contributed by atoms with Crippen molar-refractivity contribution < 1.29 is 20.4 Å². The van der Waals surface area contributed by atoms with Crippen LogP contribution >= 0.6 is 0 Å². The molecule has 0 aromatic carbocycles. The number of aliphatic hydroxyl groups excluding tert-OH is 4. The Balaban J connectivity index is 2.42. The third-order valence-electron chi connectivity index (χ3n) is 11.6. The average Bonchev–Trinajstić information content (AvgIpc) is 3.06. The molecule has 0 aliphatic heterocycles. The van der Waals surface area contributed by atoms with E-state index < -0.39 is 10.8 Å². The van der Waals surface area contributed by atoms with E-state index in [2.05, 4.69) is 0 Å². The molecule has 4 heteroatoms. The van der Waals surface area contributed by atoms with Crippen molar-refractivity contribution in [2.75, 3.05) is 26.4 Å². The summed E-state index contributed by atoms with van der Waals surface area (Å²) in [6, 6.07) is 0. The maximum absolute atomic E-state index is 10.4. The molecule has 1 rings (SSSR count). The Morgan fingerprint density at radius 3 is 0.422 bits per heavy atom. The first-order valence-corrected chi connectivity index (χ1v) is 20.6. The van der Waals surface area contributed by atoms with Crippen LogP contribution in [-0.4, -0.2) is 46.9 Å². The van der Waals surface area contributed by atoms with Crippen LogP contribution in [-0.2, 0) is 0 Å². The summed E-state index contributed by atoms with van der Waals surface area (Å²) in [6.45, 7) is -0.704. The van der Waals surface area contributed by atoms with Gasteiger partial charge in [0.25, 0.3) is 0 Å². The van der Waals surface area contributed by atoms with Gasteiger partial charge in [0.15, 0.2) is 0 Å². The van der Waals surface area contributed by atoms with Gasteiger partial charge in [0.05, 0.1) is 26.4 Å². The third-order valence-corrected chi connectivity index (χ3v) is 11.6. The number of hydrogen-bond acceptors (Lipinski definition) is 4. The van der Waals surface area contributed by atoms with Crippen LogP contribution in [0.15, 0.2) is 0 Å². The molecule has 0 heterocycles. The predicted octanol–water partition coefficient (Wildman–Crippen LogP) is 11.6. The summed E-state index contributed by atoms with van der Waals surface area (Å²) in [4.78, 5) is 0. The lowest BCUT2D eigenvalue weighted by Crippen LogP contribution is -2.52. The molecule has 0 radical (unpaired) electrons. The molecule has 0 saturated heterocycles. The van der Waals surface area contributed by atoms with Crippen LogP contribution in [0.25, 0.3) is 0 Å². The quantitative estimate of drug-likeness (QED) is 0.247. The highest BCUT2D eigenvalue weighted by Crippen LogP contribution is 2.46. The van der Waals surface area contributed by atoms with Crippen molar-refractivity contribution in [2.45, 2.75) is 225 Å². The Bertz CT molecular complexity index is 536. The normalized spacial score (nSPS) is 24.3. The molecule has 0 bridgehead atoms. The van der Waals surface area contributed by atoms with Crippen LogP contribution in [0, 0.1) is 10.8 Å². The van der Waals surface area contributed by atoms with Crippen LogP contribution in [0.2, 0.25) is 0 Å². The van der Waals surface area contributed by atoms with Gasteiger partial charge in [-0.05, 0) is 12.8 Å². The smallest absolute Gasteiger partial charge is 0.0516 e. The molecule has 4 N–H and O–H groups in total. The number of hydrogen-bond donors (Lipinski definition) is 4. The van der Waals surface area contributed by atoms with Gasteiger partial charge >= 0.3 is 0 Å². The standard InChI is InChI=1S/C41H82O4/c42-36-40(37-43)34-32-30-28-26-24-22-20-18-16-14-12-10-8-6-4-2-1-3-5-7-9-11-13-15-17-19-21-23-25-27-29-31-33-35-41(40,38-44)39-45/h42-45H,1-39H2. The minimum atomic E-state index is -0.814. The summed E-state index contributed by atoms with van der Waals surface area (Å²) in [5.41, 5.74) is -1.63. The van der Waals surface area contributed by atoms with Gasteiger partial charge in [-0.15, -0.1) is 0 Å². The van der Waals surface area contributed by atoms with E-state index in [9.17, 15) is 20.4 Å². The fourth-order valence-electron chi connectivity index (χ4n) is 8.02. The van der Waals surface area contributed by atoms with E-state index >= 15 is 0 Å². The Hall–Kier alpha value is -0.160. The molecule has 270 valence electrons. The fourth-order valence-corrected chi connectivity index (χ4v) is 8.02. The predicted molar refractivity (Wildman–Crippen MR) is 195 cm³/mol. The molecule has 0 spiro atoms. The number of rotatable bonds is 4. The van der Waals surface area contributed by atoms with Crippen LogP contribution < -0.4 is 0 Å². The summed E-state index contributed by atoms with van der Waals surface area (Å²) in [5.74, 6) is 0. The van der Waals surface area contributed by atoms with Crippen molar-refractivity contribution in [1.82, 2.24) is 0 Å². The maximum Gasteiger partial charge on any atom is 0.0516 e. The van der Waals surface area contributed by atoms with Gasteiger partial charge in [0, 0.05) is 10.8 Å². The molecular formula is C41H82O4. The molecule has 0 unspecified atom stereocenters. The minimum absolute atomic E-state index is 0.176. The Kier molecular flexibility index (Phi) is 29.6. The lowest BCUT2D eigenvalue weighted by molar-refractivity contribution is -0.124. The Morgan fingerprint density at radius 2 is 0.311 bits per heavy atom. The first-order chi connectivity index (χ1) is 22.2.